The molecule has 19 heavy (non-hydrogen) atoms. The molecule has 0 amide bonds. The molecule has 0 aliphatic carbocycles. The van der Waals surface area contributed by atoms with Crippen molar-refractivity contribution in [1.82, 2.24) is 0 Å². The first-order chi connectivity index (χ1) is 8.69. The number of benzene rings is 1. The number of ether oxygens (including phenoxy) is 1. The van der Waals surface area contributed by atoms with Gasteiger partial charge in [0.25, 0.3) is 0 Å². The normalized spacial score (nSPS) is 10.9. The van der Waals surface area contributed by atoms with Gasteiger partial charge in [0.05, 0.1) is 0 Å². The summed E-state index contributed by atoms with van der Waals surface area (Å²) < 4.78 is 5.85. The van der Waals surface area contributed by atoms with Crippen molar-refractivity contribution in [2.45, 2.75) is 54.1 Å². The fourth-order valence-electron chi connectivity index (χ4n) is 1.86. The van der Waals surface area contributed by atoms with Gasteiger partial charge in [-0.05, 0) is 71.7 Å². The second kappa shape index (κ2) is 6.10. The first-order valence-electron chi connectivity index (χ1n) is 6.81. The van der Waals surface area contributed by atoms with E-state index < -0.39 is 0 Å². The van der Waals surface area contributed by atoms with Gasteiger partial charge < -0.3 is 4.74 Å². The second-order valence-electron chi connectivity index (χ2n) is 6.37. The van der Waals surface area contributed by atoms with Crippen molar-refractivity contribution in [1.29, 1.82) is 0 Å². The Morgan fingerprint density at radius 3 is 1.84 bits per heavy atom. The Labute approximate surface area is 118 Å². The highest BCUT2D eigenvalue weighted by atomic mass is 16.5. The van der Waals surface area contributed by atoms with E-state index in [0.29, 0.717) is 0 Å². The van der Waals surface area contributed by atoms with Gasteiger partial charge in [0, 0.05) is 0 Å². The van der Waals surface area contributed by atoms with E-state index in [2.05, 4.69) is 66.7 Å². The summed E-state index contributed by atoms with van der Waals surface area (Å²) in [4.78, 5) is 0. The smallest absolute Gasteiger partial charge is 0.120 e. The molecule has 0 aliphatic rings. The topological polar surface area (TPSA) is 9.23 Å². The first kappa shape index (κ1) is 15.6. The van der Waals surface area contributed by atoms with Gasteiger partial charge in [-0.2, -0.15) is 0 Å². The molecule has 1 aromatic carbocycles. The maximum Gasteiger partial charge on any atom is 0.120 e. The zero-order valence-electron chi connectivity index (χ0n) is 13.3. The summed E-state index contributed by atoms with van der Waals surface area (Å²) in [7, 11) is 0. The molecule has 0 saturated carbocycles. The highest BCUT2D eigenvalue weighted by Gasteiger charge is 2.11. The highest BCUT2D eigenvalue weighted by molar-refractivity contribution is 5.76. The van der Waals surface area contributed by atoms with Crippen LogP contribution in [0, 0.1) is 0 Å². The summed E-state index contributed by atoms with van der Waals surface area (Å²) in [6, 6.07) is 8.34. The molecule has 0 N–H and O–H groups in total. The van der Waals surface area contributed by atoms with E-state index in [-0.39, 0.29) is 5.60 Å². The molecule has 0 aliphatic heterocycles. The minimum atomic E-state index is -0.152. The lowest BCUT2D eigenvalue weighted by atomic mass is 9.99. The molecule has 104 valence electrons. The molecule has 1 aromatic rings. The molecule has 0 aromatic heterocycles. The van der Waals surface area contributed by atoms with Gasteiger partial charge in [-0.3, -0.25) is 0 Å². The predicted octanol–water partition coefficient (Wildman–Crippen LogP) is 5.62. The van der Waals surface area contributed by atoms with Crippen LogP contribution in [-0.4, -0.2) is 5.60 Å². The second-order valence-corrected chi connectivity index (χ2v) is 6.37. The molecule has 0 unspecified atom stereocenters. The predicted molar refractivity (Wildman–Crippen MR) is 84.5 cm³/mol. The quantitative estimate of drug-likeness (QED) is 0.639. The van der Waals surface area contributed by atoms with E-state index in [1.54, 1.807) is 0 Å². The lowest BCUT2D eigenvalue weighted by Crippen LogP contribution is -2.22. The summed E-state index contributed by atoms with van der Waals surface area (Å²) in [6.45, 7) is 14.7. The minimum absolute atomic E-state index is 0.152. The van der Waals surface area contributed by atoms with Crippen LogP contribution in [0.4, 0.5) is 0 Å². The summed E-state index contributed by atoms with van der Waals surface area (Å²) in [5.74, 6) is 0.918. The van der Waals surface area contributed by atoms with Crippen molar-refractivity contribution in [2.75, 3.05) is 0 Å². The molecular weight excluding hydrogens is 232 g/mol. The fourth-order valence-corrected chi connectivity index (χ4v) is 1.86. The first-order valence-corrected chi connectivity index (χ1v) is 6.81. The van der Waals surface area contributed by atoms with Crippen LogP contribution in [0.1, 0.15) is 54.0 Å². The van der Waals surface area contributed by atoms with Crippen molar-refractivity contribution in [3.05, 3.63) is 47.1 Å². The summed E-state index contributed by atoms with van der Waals surface area (Å²) in [5.41, 5.74) is 5.02. The van der Waals surface area contributed by atoms with Crippen LogP contribution in [0.2, 0.25) is 0 Å². The standard InChI is InChI=1S/C18H26O/c1-13(2)12-17(14(3)4)15-8-10-16(11-9-15)19-18(5,6)7/h8-12H,1-7H3. The number of allylic oxidation sites excluding steroid dienone is 4. The molecule has 1 rings (SSSR count). The molecule has 0 bridgehead atoms. The Morgan fingerprint density at radius 1 is 0.947 bits per heavy atom. The Morgan fingerprint density at radius 2 is 1.47 bits per heavy atom. The zero-order chi connectivity index (χ0) is 14.6. The van der Waals surface area contributed by atoms with Crippen LogP contribution in [0.3, 0.4) is 0 Å². The fraction of sp³-hybridized carbons (Fsp3) is 0.444. The number of hydrogen-bond acceptors (Lipinski definition) is 1. The molecule has 1 nitrogen and oxygen atoms in total. The average molecular weight is 258 g/mol. The number of hydrogen-bond donors (Lipinski definition) is 0. The highest BCUT2D eigenvalue weighted by Crippen LogP contribution is 2.25. The third kappa shape index (κ3) is 5.34. The van der Waals surface area contributed by atoms with E-state index in [0.717, 1.165) is 5.75 Å². The van der Waals surface area contributed by atoms with Crippen molar-refractivity contribution < 1.29 is 4.74 Å². The largest absolute Gasteiger partial charge is 0.488 e. The molecule has 0 spiro atoms. The lowest BCUT2D eigenvalue weighted by Gasteiger charge is -2.21. The van der Waals surface area contributed by atoms with E-state index >= 15 is 0 Å². The average Bonchev–Trinajstić information content (AvgIpc) is 2.24. The van der Waals surface area contributed by atoms with Crippen LogP contribution >= 0.6 is 0 Å². The van der Waals surface area contributed by atoms with Crippen LogP contribution in [-0.2, 0) is 0 Å². The Bertz CT molecular complexity index is 473. The van der Waals surface area contributed by atoms with Crippen molar-refractivity contribution >= 4 is 5.57 Å². The Balaban J connectivity index is 3.04. The van der Waals surface area contributed by atoms with E-state index in [1.165, 1.54) is 22.3 Å². The number of rotatable bonds is 3. The van der Waals surface area contributed by atoms with E-state index in [1.807, 2.05) is 12.1 Å². The van der Waals surface area contributed by atoms with Gasteiger partial charge in [-0.15, -0.1) is 0 Å². The van der Waals surface area contributed by atoms with Crippen LogP contribution < -0.4 is 4.74 Å². The van der Waals surface area contributed by atoms with Crippen LogP contribution in [0.15, 0.2) is 41.5 Å². The van der Waals surface area contributed by atoms with Crippen molar-refractivity contribution in [3.8, 4) is 5.75 Å². The Kier molecular flexibility index (Phi) is 4.99. The van der Waals surface area contributed by atoms with Gasteiger partial charge in [0.1, 0.15) is 11.4 Å². The summed E-state index contributed by atoms with van der Waals surface area (Å²) >= 11 is 0. The maximum atomic E-state index is 5.85. The van der Waals surface area contributed by atoms with Gasteiger partial charge in [-0.1, -0.05) is 29.4 Å². The Hall–Kier alpha value is -1.50. The van der Waals surface area contributed by atoms with Crippen LogP contribution in [0.25, 0.3) is 5.57 Å². The van der Waals surface area contributed by atoms with Gasteiger partial charge >= 0.3 is 0 Å². The maximum absolute atomic E-state index is 5.85. The van der Waals surface area contributed by atoms with E-state index in [4.69, 9.17) is 4.74 Å². The molecule has 0 saturated heterocycles. The zero-order valence-corrected chi connectivity index (χ0v) is 13.3. The minimum Gasteiger partial charge on any atom is -0.488 e. The summed E-state index contributed by atoms with van der Waals surface area (Å²) in [6.07, 6.45) is 2.23. The molecule has 0 heterocycles. The third-order valence-corrected chi connectivity index (χ3v) is 2.56. The van der Waals surface area contributed by atoms with Crippen molar-refractivity contribution in [2.24, 2.45) is 0 Å². The molecule has 1 heteroatoms. The van der Waals surface area contributed by atoms with E-state index in [9.17, 15) is 0 Å². The summed E-state index contributed by atoms with van der Waals surface area (Å²) in [5, 5.41) is 0. The molecular formula is C18H26O. The van der Waals surface area contributed by atoms with Gasteiger partial charge in [-0.25, -0.2) is 0 Å². The van der Waals surface area contributed by atoms with Gasteiger partial charge in [0.15, 0.2) is 0 Å². The van der Waals surface area contributed by atoms with Gasteiger partial charge in [0.2, 0.25) is 0 Å². The SMILES string of the molecule is CC(C)=CC(=C(C)C)c1ccc(OC(C)(C)C)cc1. The molecule has 0 fully saturated rings. The molecule has 0 radical (unpaired) electrons. The van der Waals surface area contributed by atoms with Crippen LogP contribution in [0.5, 0.6) is 5.75 Å². The monoisotopic (exact) mass is 258 g/mol. The third-order valence-electron chi connectivity index (χ3n) is 2.56. The molecule has 0 atom stereocenters. The lowest BCUT2D eigenvalue weighted by molar-refractivity contribution is 0.131. The van der Waals surface area contributed by atoms with Crippen molar-refractivity contribution in [3.63, 3.8) is 0 Å².